The number of hydrogen-bond donors (Lipinski definition) is 0. The van der Waals surface area contributed by atoms with Crippen LogP contribution in [-0.4, -0.2) is 59.9 Å². The normalized spacial score (nSPS) is 12.9. The van der Waals surface area contributed by atoms with Gasteiger partial charge < -0.3 is 14.5 Å². The van der Waals surface area contributed by atoms with Crippen LogP contribution in [-0.2, 0) is 22.5 Å². The number of hydrogen-bond acceptors (Lipinski definition) is 5. The van der Waals surface area contributed by atoms with Crippen molar-refractivity contribution in [3.8, 4) is 0 Å². The first kappa shape index (κ1) is 20.5. The topological polar surface area (TPSA) is 93.0 Å². The SMILES string of the molecule is COCCN(CC(=O)N1CCc2ccccc2C1)C(=O)c1cccc([N+](=O)[O-])c1. The smallest absolute Gasteiger partial charge is 0.270 e. The van der Waals surface area contributed by atoms with Gasteiger partial charge in [0, 0.05) is 44.4 Å². The zero-order valence-electron chi connectivity index (χ0n) is 16.2. The molecule has 0 radical (unpaired) electrons. The number of carbonyl (C=O) groups excluding carboxylic acids is 2. The second-order valence-electron chi connectivity index (χ2n) is 6.86. The van der Waals surface area contributed by atoms with Crippen LogP contribution in [0.4, 0.5) is 5.69 Å². The summed E-state index contributed by atoms with van der Waals surface area (Å²) in [5, 5.41) is 11.0. The molecule has 1 aliphatic rings. The van der Waals surface area contributed by atoms with Gasteiger partial charge in [-0.25, -0.2) is 0 Å². The number of amides is 2. The van der Waals surface area contributed by atoms with Crippen LogP contribution in [0.15, 0.2) is 48.5 Å². The molecule has 152 valence electrons. The summed E-state index contributed by atoms with van der Waals surface area (Å²) >= 11 is 0. The average Bonchev–Trinajstić information content (AvgIpc) is 2.75. The summed E-state index contributed by atoms with van der Waals surface area (Å²) in [7, 11) is 1.51. The van der Waals surface area contributed by atoms with Crippen LogP contribution in [0.25, 0.3) is 0 Å². The zero-order chi connectivity index (χ0) is 20.8. The van der Waals surface area contributed by atoms with Crippen LogP contribution in [0.5, 0.6) is 0 Å². The highest BCUT2D eigenvalue weighted by Crippen LogP contribution is 2.19. The summed E-state index contributed by atoms with van der Waals surface area (Å²) in [6.45, 7) is 1.48. The van der Waals surface area contributed by atoms with Crippen LogP contribution in [0.2, 0.25) is 0 Å². The lowest BCUT2D eigenvalue weighted by Gasteiger charge is -2.31. The van der Waals surface area contributed by atoms with Gasteiger partial charge in [0.15, 0.2) is 0 Å². The van der Waals surface area contributed by atoms with Gasteiger partial charge in [-0.3, -0.25) is 19.7 Å². The van der Waals surface area contributed by atoms with Crippen LogP contribution in [0.1, 0.15) is 21.5 Å². The van der Waals surface area contributed by atoms with Gasteiger partial charge in [0.05, 0.1) is 11.5 Å². The maximum atomic E-state index is 12.9. The summed E-state index contributed by atoms with van der Waals surface area (Å²) in [6.07, 6.45) is 0.777. The molecule has 0 N–H and O–H groups in total. The number of nitro groups is 1. The van der Waals surface area contributed by atoms with Crippen molar-refractivity contribution in [1.82, 2.24) is 9.80 Å². The number of nitro benzene ring substituents is 1. The third-order valence-electron chi connectivity index (χ3n) is 4.97. The van der Waals surface area contributed by atoms with Gasteiger partial charge in [-0.1, -0.05) is 30.3 Å². The molecule has 29 heavy (non-hydrogen) atoms. The van der Waals surface area contributed by atoms with E-state index in [1.54, 1.807) is 4.90 Å². The van der Waals surface area contributed by atoms with Crippen molar-refractivity contribution in [2.45, 2.75) is 13.0 Å². The van der Waals surface area contributed by atoms with Crippen molar-refractivity contribution in [2.75, 3.05) is 33.4 Å². The predicted octanol–water partition coefficient (Wildman–Crippen LogP) is 2.27. The summed E-state index contributed by atoms with van der Waals surface area (Å²) < 4.78 is 5.07. The minimum absolute atomic E-state index is 0.104. The minimum atomic E-state index is -0.549. The van der Waals surface area contributed by atoms with Crippen LogP contribution in [0, 0.1) is 10.1 Å². The van der Waals surface area contributed by atoms with Crippen LogP contribution < -0.4 is 0 Å². The Kier molecular flexibility index (Phi) is 6.56. The van der Waals surface area contributed by atoms with E-state index in [9.17, 15) is 19.7 Å². The Balaban J connectivity index is 1.73. The second kappa shape index (κ2) is 9.29. The first-order valence-corrected chi connectivity index (χ1v) is 9.37. The molecule has 8 heteroatoms. The molecule has 1 heterocycles. The molecule has 2 amide bonds. The van der Waals surface area contributed by atoms with Gasteiger partial charge in [-0.15, -0.1) is 0 Å². The molecule has 0 fully saturated rings. The first-order valence-electron chi connectivity index (χ1n) is 9.37. The fourth-order valence-electron chi connectivity index (χ4n) is 3.36. The monoisotopic (exact) mass is 397 g/mol. The highest BCUT2D eigenvalue weighted by Gasteiger charge is 2.25. The largest absolute Gasteiger partial charge is 0.383 e. The Morgan fingerprint density at radius 2 is 1.93 bits per heavy atom. The Morgan fingerprint density at radius 3 is 2.66 bits per heavy atom. The first-order chi connectivity index (χ1) is 14.0. The van der Waals surface area contributed by atoms with Gasteiger partial charge in [0.25, 0.3) is 11.6 Å². The second-order valence-corrected chi connectivity index (χ2v) is 6.86. The van der Waals surface area contributed by atoms with E-state index in [2.05, 4.69) is 6.07 Å². The maximum absolute atomic E-state index is 12.9. The van der Waals surface area contributed by atoms with E-state index in [0.29, 0.717) is 13.1 Å². The zero-order valence-corrected chi connectivity index (χ0v) is 16.2. The van der Waals surface area contributed by atoms with Gasteiger partial charge in [-0.2, -0.15) is 0 Å². The van der Waals surface area contributed by atoms with Gasteiger partial charge in [0.1, 0.15) is 6.54 Å². The number of rotatable bonds is 7. The molecule has 2 aromatic carbocycles. The van der Waals surface area contributed by atoms with E-state index < -0.39 is 10.8 Å². The van der Waals surface area contributed by atoms with Crippen molar-refractivity contribution in [1.29, 1.82) is 0 Å². The molecular formula is C21H23N3O5. The Hall–Kier alpha value is -3.26. The molecule has 2 aromatic rings. The van der Waals surface area contributed by atoms with E-state index >= 15 is 0 Å². The quantitative estimate of drug-likeness (QED) is 0.528. The number of carbonyl (C=O) groups is 2. The summed E-state index contributed by atoms with van der Waals surface area (Å²) in [6, 6.07) is 13.5. The number of nitrogens with zero attached hydrogens (tertiary/aromatic N) is 3. The molecule has 0 spiro atoms. The van der Waals surface area contributed by atoms with E-state index in [0.717, 1.165) is 12.0 Å². The molecule has 3 rings (SSSR count). The molecule has 1 aliphatic heterocycles. The van der Waals surface area contributed by atoms with Crippen molar-refractivity contribution >= 4 is 17.5 Å². The molecule has 8 nitrogen and oxygen atoms in total. The summed E-state index contributed by atoms with van der Waals surface area (Å²) in [5.74, 6) is -0.592. The fourth-order valence-corrected chi connectivity index (χ4v) is 3.36. The number of methoxy groups -OCH3 is 1. The third-order valence-corrected chi connectivity index (χ3v) is 4.97. The van der Waals surface area contributed by atoms with E-state index in [1.807, 2.05) is 18.2 Å². The molecule has 0 atom stereocenters. The highest BCUT2D eigenvalue weighted by molar-refractivity contribution is 5.97. The predicted molar refractivity (Wildman–Crippen MR) is 106 cm³/mol. The summed E-state index contributed by atoms with van der Waals surface area (Å²) in [5.41, 5.74) is 2.36. The summed E-state index contributed by atoms with van der Waals surface area (Å²) in [4.78, 5) is 39.4. The Morgan fingerprint density at radius 1 is 1.17 bits per heavy atom. The van der Waals surface area contributed by atoms with Crippen LogP contribution in [0.3, 0.4) is 0 Å². The lowest BCUT2D eigenvalue weighted by molar-refractivity contribution is -0.384. The van der Waals surface area contributed by atoms with Crippen molar-refractivity contribution in [3.05, 3.63) is 75.3 Å². The lowest BCUT2D eigenvalue weighted by atomic mass is 10.00. The molecule has 0 aromatic heterocycles. The minimum Gasteiger partial charge on any atom is -0.383 e. The number of fused-ring (bicyclic) bond motifs is 1. The fraction of sp³-hybridized carbons (Fsp3) is 0.333. The van der Waals surface area contributed by atoms with E-state index in [4.69, 9.17) is 4.74 Å². The standard InChI is InChI=1S/C21H23N3O5/c1-29-12-11-23(21(26)17-7-4-8-19(13-17)24(27)28)15-20(25)22-10-9-16-5-2-3-6-18(16)14-22/h2-8,13H,9-12,14-15H2,1H3. The highest BCUT2D eigenvalue weighted by atomic mass is 16.6. The Bertz CT molecular complexity index is 915. The molecule has 0 aliphatic carbocycles. The van der Waals surface area contributed by atoms with Gasteiger partial charge >= 0.3 is 0 Å². The molecule has 0 saturated carbocycles. The van der Waals surface area contributed by atoms with E-state index in [-0.39, 0.29) is 36.9 Å². The lowest BCUT2D eigenvalue weighted by Crippen LogP contribution is -2.45. The van der Waals surface area contributed by atoms with E-state index in [1.165, 1.54) is 41.8 Å². The van der Waals surface area contributed by atoms with Gasteiger partial charge in [-0.05, 0) is 23.6 Å². The number of benzene rings is 2. The molecule has 0 saturated heterocycles. The van der Waals surface area contributed by atoms with Crippen molar-refractivity contribution in [3.63, 3.8) is 0 Å². The third kappa shape index (κ3) is 4.97. The van der Waals surface area contributed by atoms with Gasteiger partial charge in [0.2, 0.25) is 5.91 Å². The average molecular weight is 397 g/mol. The maximum Gasteiger partial charge on any atom is 0.270 e. The van der Waals surface area contributed by atoms with Crippen molar-refractivity contribution < 1.29 is 19.2 Å². The Labute approximate surface area is 168 Å². The van der Waals surface area contributed by atoms with Crippen LogP contribution >= 0.6 is 0 Å². The molecular weight excluding hydrogens is 374 g/mol. The number of ether oxygens (including phenoxy) is 1. The number of non-ortho nitro benzene ring substituents is 1. The molecule has 0 bridgehead atoms. The van der Waals surface area contributed by atoms with Crippen molar-refractivity contribution in [2.24, 2.45) is 0 Å². The molecule has 0 unspecified atom stereocenters.